The van der Waals surface area contributed by atoms with E-state index in [2.05, 4.69) is 15.3 Å². The van der Waals surface area contributed by atoms with E-state index >= 15 is 0 Å². The zero-order chi connectivity index (χ0) is 13.8. The van der Waals surface area contributed by atoms with Crippen molar-refractivity contribution in [2.24, 2.45) is 0 Å². The highest BCUT2D eigenvalue weighted by molar-refractivity contribution is 5.64. The minimum absolute atomic E-state index is 0.274. The third-order valence-corrected chi connectivity index (χ3v) is 2.52. The van der Waals surface area contributed by atoms with E-state index in [1.165, 1.54) is 12.1 Å². The average Bonchev–Trinajstić information content (AvgIpc) is 2.37. The van der Waals surface area contributed by atoms with Gasteiger partial charge in [0, 0.05) is 18.2 Å². The molecule has 0 saturated heterocycles. The fraction of sp³-hybridized carbons (Fsp3) is 0.214. The molecule has 0 atom stereocenters. The van der Waals surface area contributed by atoms with E-state index < -0.39 is 5.82 Å². The number of nitrogens with one attached hydrogen (secondary N) is 1. The molecule has 0 aliphatic heterocycles. The van der Waals surface area contributed by atoms with Gasteiger partial charge in [0.15, 0.2) is 0 Å². The molecule has 0 aliphatic carbocycles. The van der Waals surface area contributed by atoms with Gasteiger partial charge in [0.1, 0.15) is 17.5 Å². The largest absolute Gasteiger partial charge is 0.370 e. The monoisotopic (exact) mass is 256 g/mol. The molecule has 0 spiro atoms. The molecule has 1 N–H and O–H groups in total. The van der Waals surface area contributed by atoms with Crippen molar-refractivity contribution in [3.8, 4) is 17.3 Å². The molecular formula is C14H13FN4. The molecule has 2 aromatic rings. The molecule has 1 heterocycles. The SMILES string of the molecule is CCNc1cc(-c2cc(F)cc(C#N)c2)nc(C)n1. The van der Waals surface area contributed by atoms with Gasteiger partial charge in [-0.15, -0.1) is 0 Å². The van der Waals surface area contributed by atoms with Gasteiger partial charge < -0.3 is 5.32 Å². The predicted octanol–water partition coefficient (Wildman–Crippen LogP) is 2.89. The summed E-state index contributed by atoms with van der Waals surface area (Å²) < 4.78 is 13.4. The lowest BCUT2D eigenvalue weighted by Gasteiger charge is -2.07. The van der Waals surface area contributed by atoms with Crippen molar-refractivity contribution in [3.05, 3.63) is 41.5 Å². The lowest BCUT2D eigenvalue weighted by Crippen LogP contribution is -2.02. The maximum atomic E-state index is 13.4. The number of nitrogens with zero attached hydrogens (tertiary/aromatic N) is 3. The highest BCUT2D eigenvalue weighted by Crippen LogP contribution is 2.22. The second-order valence-corrected chi connectivity index (χ2v) is 4.06. The average molecular weight is 256 g/mol. The Morgan fingerprint density at radius 1 is 1.26 bits per heavy atom. The summed E-state index contributed by atoms with van der Waals surface area (Å²) in [5, 5.41) is 12.0. The molecule has 0 aliphatic rings. The molecule has 0 radical (unpaired) electrons. The first-order valence-corrected chi connectivity index (χ1v) is 5.93. The summed E-state index contributed by atoms with van der Waals surface area (Å²) in [5.41, 5.74) is 1.44. The third-order valence-electron chi connectivity index (χ3n) is 2.52. The zero-order valence-corrected chi connectivity index (χ0v) is 10.7. The molecule has 1 aromatic heterocycles. The number of nitriles is 1. The summed E-state index contributed by atoms with van der Waals surface area (Å²) >= 11 is 0. The Bertz CT molecular complexity index is 646. The summed E-state index contributed by atoms with van der Waals surface area (Å²) in [7, 11) is 0. The second-order valence-electron chi connectivity index (χ2n) is 4.06. The summed E-state index contributed by atoms with van der Waals surface area (Å²) in [6, 6.07) is 7.84. The molecule has 5 heteroatoms. The van der Waals surface area contributed by atoms with Crippen LogP contribution in [-0.2, 0) is 0 Å². The summed E-state index contributed by atoms with van der Waals surface area (Å²) in [6.45, 7) is 4.48. The number of anilines is 1. The summed E-state index contributed by atoms with van der Waals surface area (Å²) in [5.74, 6) is 0.833. The van der Waals surface area contributed by atoms with Crippen LogP contribution < -0.4 is 5.32 Å². The number of hydrogen-bond acceptors (Lipinski definition) is 4. The highest BCUT2D eigenvalue weighted by Gasteiger charge is 2.07. The highest BCUT2D eigenvalue weighted by atomic mass is 19.1. The standard InChI is InChI=1S/C14H13FN4/c1-3-17-14-7-13(18-9(2)19-14)11-4-10(8-16)5-12(15)6-11/h4-7H,3H2,1-2H3,(H,17,18,19). The van der Waals surface area contributed by atoms with Gasteiger partial charge in [0.25, 0.3) is 0 Å². The molecule has 96 valence electrons. The summed E-state index contributed by atoms with van der Waals surface area (Å²) in [4.78, 5) is 8.51. The minimum atomic E-state index is -0.449. The Labute approximate surface area is 110 Å². The van der Waals surface area contributed by atoms with E-state index in [1.54, 1.807) is 19.1 Å². The lowest BCUT2D eigenvalue weighted by molar-refractivity contribution is 0.628. The van der Waals surface area contributed by atoms with Crippen LogP contribution in [0.25, 0.3) is 11.3 Å². The van der Waals surface area contributed by atoms with Crippen LogP contribution in [0.2, 0.25) is 0 Å². The van der Waals surface area contributed by atoms with E-state index in [4.69, 9.17) is 5.26 Å². The van der Waals surface area contributed by atoms with Crippen LogP contribution in [-0.4, -0.2) is 16.5 Å². The summed E-state index contributed by atoms with van der Waals surface area (Å²) in [6.07, 6.45) is 0. The van der Waals surface area contributed by atoms with Gasteiger partial charge in [-0.1, -0.05) is 0 Å². The van der Waals surface area contributed by atoms with Gasteiger partial charge in [0.2, 0.25) is 0 Å². The van der Waals surface area contributed by atoms with Crippen LogP contribution in [0.15, 0.2) is 24.3 Å². The van der Waals surface area contributed by atoms with E-state index in [0.29, 0.717) is 22.9 Å². The van der Waals surface area contributed by atoms with Crippen molar-refractivity contribution in [1.29, 1.82) is 5.26 Å². The number of halogens is 1. The molecule has 4 nitrogen and oxygen atoms in total. The molecular weight excluding hydrogens is 243 g/mol. The molecule has 2 rings (SSSR count). The van der Waals surface area contributed by atoms with Gasteiger partial charge >= 0.3 is 0 Å². The molecule has 0 fully saturated rings. The quantitative estimate of drug-likeness (QED) is 0.917. The fourth-order valence-corrected chi connectivity index (χ4v) is 1.79. The fourth-order valence-electron chi connectivity index (χ4n) is 1.79. The van der Waals surface area contributed by atoms with Crippen molar-refractivity contribution in [2.45, 2.75) is 13.8 Å². The number of aromatic nitrogens is 2. The van der Waals surface area contributed by atoms with Crippen molar-refractivity contribution in [2.75, 3.05) is 11.9 Å². The first-order valence-electron chi connectivity index (χ1n) is 5.93. The Morgan fingerprint density at radius 2 is 2.05 bits per heavy atom. The topological polar surface area (TPSA) is 61.6 Å². The number of hydrogen-bond donors (Lipinski definition) is 1. The predicted molar refractivity (Wildman–Crippen MR) is 71.0 cm³/mol. The van der Waals surface area contributed by atoms with Crippen molar-refractivity contribution < 1.29 is 4.39 Å². The van der Waals surface area contributed by atoms with Gasteiger partial charge in [-0.25, -0.2) is 14.4 Å². The zero-order valence-electron chi connectivity index (χ0n) is 10.7. The Balaban J connectivity index is 2.52. The first-order chi connectivity index (χ1) is 9.12. The van der Waals surface area contributed by atoms with E-state index in [0.717, 1.165) is 6.54 Å². The Kier molecular flexibility index (Phi) is 3.71. The maximum Gasteiger partial charge on any atom is 0.130 e. The molecule has 0 saturated carbocycles. The van der Waals surface area contributed by atoms with E-state index in [-0.39, 0.29) is 5.56 Å². The molecule has 19 heavy (non-hydrogen) atoms. The Hall–Kier alpha value is -2.48. The molecule has 0 bridgehead atoms. The van der Waals surface area contributed by atoms with Crippen LogP contribution in [0.5, 0.6) is 0 Å². The number of aryl methyl sites for hydroxylation is 1. The van der Waals surface area contributed by atoms with Gasteiger partial charge in [0.05, 0.1) is 17.3 Å². The first kappa shape index (κ1) is 13.0. The van der Waals surface area contributed by atoms with Gasteiger partial charge in [-0.3, -0.25) is 0 Å². The Morgan fingerprint density at radius 3 is 2.74 bits per heavy atom. The normalized spacial score (nSPS) is 10.0. The maximum absolute atomic E-state index is 13.4. The number of rotatable bonds is 3. The molecule has 0 unspecified atom stereocenters. The minimum Gasteiger partial charge on any atom is -0.370 e. The van der Waals surface area contributed by atoms with Crippen molar-refractivity contribution in [3.63, 3.8) is 0 Å². The van der Waals surface area contributed by atoms with Crippen molar-refractivity contribution in [1.82, 2.24) is 9.97 Å². The van der Waals surface area contributed by atoms with E-state index in [9.17, 15) is 4.39 Å². The van der Waals surface area contributed by atoms with Crippen molar-refractivity contribution >= 4 is 5.82 Å². The van der Waals surface area contributed by atoms with Crippen LogP contribution in [0, 0.1) is 24.1 Å². The smallest absolute Gasteiger partial charge is 0.130 e. The molecule has 1 aromatic carbocycles. The number of benzene rings is 1. The van der Waals surface area contributed by atoms with Crippen LogP contribution in [0.1, 0.15) is 18.3 Å². The van der Waals surface area contributed by atoms with Crippen LogP contribution in [0.4, 0.5) is 10.2 Å². The lowest BCUT2D eigenvalue weighted by atomic mass is 10.1. The van der Waals surface area contributed by atoms with Crippen LogP contribution >= 0.6 is 0 Å². The van der Waals surface area contributed by atoms with Crippen LogP contribution in [0.3, 0.4) is 0 Å². The van der Waals surface area contributed by atoms with E-state index in [1.807, 2.05) is 13.0 Å². The van der Waals surface area contributed by atoms with Gasteiger partial charge in [-0.2, -0.15) is 5.26 Å². The van der Waals surface area contributed by atoms with Gasteiger partial charge in [-0.05, 0) is 32.0 Å². The second kappa shape index (κ2) is 5.44. The third kappa shape index (κ3) is 3.05. The molecule has 0 amide bonds.